The Hall–Kier alpha value is -3.13. The third-order valence-electron chi connectivity index (χ3n) is 4.43. The third-order valence-corrected chi connectivity index (χ3v) is 4.43. The van der Waals surface area contributed by atoms with Gasteiger partial charge in [-0.25, -0.2) is 9.87 Å². The van der Waals surface area contributed by atoms with Crippen molar-refractivity contribution in [1.82, 2.24) is 5.48 Å². The van der Waals surface area contributed by atoms with Crippen LogP contribution in [0.15, 0.2) is 42.5 Å². The SMILES string of the molecule is C=[N+](O)c1cccc(C(=O)NO)c1N1CCN(c2ccccc2F)CC1. The number of hydroxylamine groups is 1. The number of para-hydroxylation sites is 2. The van der Waals surface area contributed by atoms with Crippen LogP contribution in [0, 0.1) is 5.82 Å². The van der Waals surface area contributed by atoms with E-state index in [0.717, 1.165) is 0 Å². The molecule has 1 saturated heterocycles. The molecule has 1 aliphatic rings. The number of anilines is 2. The Morgan fingerprint density at radius 1 is 1.08 bits per heavy atom. The molecule has 3 N–H and O–H groups in total. The highest BCUT2D eigenvalue weighted by atomic mass is 19.1. The van der Waals surface area contributed by atoms with Crippen molar-refractivity contribution in [2.45, 2.75) is 0 Å². The van der Waals surface area contributed by atoms with E-state index in [9.17, 15) is 14.4 Å². The topological polar surface area (TPSA) is 79.0 Å². The number of hydrogen-bond acceptors (Lipinski definition) is 5. The van der Waals surface area contributed by atoms with E-state index >= 15 is 0 Å². The fourth-order valence-electron chi connectivity index (χ4n) is 3.19. The molecule has 136 valence electrons. The smallest absolute Gasteiger partial charge is 0.280 e. The van der Waals surface area contributed by atoms with Gasteiger partial charge in [0.05, 0.1) is 11.3 Å². The summed E-state index contributed by atoms with van der Waals surface area (Å²) in [6.07, 6.45) is 0. The maximum Gasteiger partial charge on any atom is 0.280 e. The van der Waals surface area contributed by atoms with Gasteiger partial charge in [-0.15, -0.1) is 0 Å². The summed E-state index contributed by atoms with van der Waals surface area (Å²) in [4.78, 5) is 15.9. The van der Waals surface area contributed by atoms with Gasteiger partial charge in [-0.2, -0.15) is 0 Å². The second-order valence-electron chi connectivity index (χ2n) is 5.94. The fraction of sp³-hybridized carbons (Fsp3) is 0.222. The van der Waals surface area contributed by atoms with Crippen LogP contribution in [-0.4, -0.2) is 54.0 Å². The Morgan fingerprint density at radius 3 is 2.35 bits per heavy atom. The molecule has 2 aromatic rings. The minimum Gasteiger partial charge on any atom is -0.366 e. The van der Waals surface area contributed by atoms with Gasteiger partial charge in [0.2, 0.25) is 0 Å². The second-order valence-corrected chi connectivity index (χ2v) is 5.94. The highest BCUT2D eigenvalue weighted by molar-refractivity contribution is 6.01. The summed E-state index contributed by atoms with van der Waals surface area (Å²) in [6.45, 7) is 5.56. The number of piperazine rings is 1. The molecule has 1 aliphatic heterocycles. The Labute approximate surface area is 150 Å². The van der Waals surface area contributed by atoms with E-state index in [0.29, 0.717) is 48.0 Å². The van der Waals surface area contributed by atoms with Crippen molar-refractivity contribution >= 4 is 29.7 Å². The van der Waals surface area contributed by atoms with Crippen LogP contribution in [0.5, 0.6) is 0 Å². The number of rotatable bonds is 4. The van der Waals surface area contributed by atoms with E-state index in [2.05, 4.69) is 6.72 Å². The predicted molar refractivity (Wildman–Crippen MR) is 95.3 cm³/mol. The lowest BCUT2D eigenvalue weighted by Crippen LogP contribution is -2.47. The molecule has 0 aromatic heterocycles. The first-order valence-electron chi connectivity index (χ1n) is 8.14. The molecule has 1 heterocycles. The van der Waals surface area contributed by atoms with E-state index in [1.165, 1.54) is 6.07 Å². The van der Waals surface area contributed by atoms with Crippen molar-refractivity contribution in [3.8, 4) is 0 Å². The molecule has 1 amide bonds. The average Bonchev–Trinajstić information content (AvgIpc) is 2.67. The zero-order valence-electron chi connectivity index (χ0n) is 14.1. The van der Waals surface area contributed by atoms with Crippen LogP contribution < -0.4 is 15.3 Å². The maximum atomic E-state index is 14.0. The van der Waals surface area contributed by atoms with Crippen molar-refractivity contribution in [1.29, 1.82) is 0 Å². The number of nitrogens with zero attached hydrogens (tertiary/aromatic N) is 3. The molecule has 1 fully saturated rings. The summed E-state index contributed by atoms with van der Waals surface area (Å²) in [5, 5.41) is 18.8. The molecule has 0 spiro atoms. The Kier molecular flexibility index (Phi) is 5.04. The first-order chi connectivity index (χ1) is 12.5. The van der Waals surface area contributed by atoms with Gasteiger partial charge in [-0.05, 0) is 18.2 Å². The van der Waals surface area contributed by atoms with Crippen LogP contribution >= 0.6 is 0 Å². The lowest BCUT2D eigenvalue weighted by Gasteiger charge is -2.37. The second kappa shape index (κ2) is 7.40. The van der Waals surface area contributed by atoms with Gasteiger partial charge in [0.1, 0.15) is 11.5 Å². The number of carbonyl (C=O) groups is 1. The Morgan fingerprint density at radius 2 is 1.73 bits per heavy atom. The lowest BCUT2D eigenvalue weighted by molar-refractivity contribution is -0.706. The molecule has 0 bridgehead atoms. The first-order valence-corrected chi connectivity index (χ1v) is 8.14. The number of halogens is 1. The highest BCUT2D eigenvalue weighted by Crippen LogP contribution is 2.33. The van der Waals surface area contributed by atoms with Gasteiger partial charge in [-0.3, -0.25) is 15.2 Å². The molecule has 0 atom stereocenters. The monoisotopic (exact) mass is 359 g/mol. The van der Waals surface area contributed by atoms with Gasteiger partial charge in [0.25, 0.3) is 11.6 Å². The summed E-state index contributed by atoms with van der Waals surface area (Å²) in [7, 11) is 0. The van der Waals surface area contributed by atoms with E-state index in [1.807, 2.05) is 9.80 Å². The molecule has 0 aliphatic carbocycles. The van der Waals surface area contributed by atoms with E-state index in [-0.39, 0.29) is 11.4 Å². The van der Waals surface area contributed by atoms with Crippen molar-refractivity contribution in [2.24, 2.45) is 0 Å². The molecular formula is C18H20FN4O3+. The molecule has 8 heteroatoms. The van der Waals surface area contributed by atoms with Crippen molar-refractivity contribution in [2.75, 3.05) is 36.0 Å². The maximum absolute atomic E-state index is 14.0. The molecule has 0 saturated carbocycles. The first kappa shape index (κ1) is 17.7. The van der Waals surface area contributed by atoms with Crippen molar-refractivity contribution < 1.29 is 24.3 Å². The summed E-state index contributed by atoms with van der Waals surface area (Å²) in [6, 6.07) is 11.4. The molecule has 0 radical (unpaired) electrons. The van der Waals surface area contributed by atoms with Crippen LogP contribution in [0.1, 0.15) is 10.4 Å². The summed E-state index contributed by atoms with van der Waals surface area (Å²) >= 11 is 0. The standard InChI is InChI=1S/C18H19FN4O3/c1-21(26)16-8-4-5-13(18(24)20-25)17(16)23-11-9-22(10-12-23)15-7-3-2-6-14(15)19/h2-8H,1,9-12H2,(H2-,20,24,25,26)/p+1. The van der Waals surface area contributed by atoms with Crippen molar-refractivity contribution in [3.63, 3.8) is 0 Å². The van der Waals surface area contributed by atoms with Gasteiger partial charge >= 0.3 is 0 Å². The lowest BCUT2D eigenvalue weighted by atomic mass is 10.1. The van der Waals surface area contributed by atoms with E-state index < -0.39 is 5.91 Å². The summed E-state index contributed by atoms with van der Waals surface area (Å²) in [5.74, 6) is -0.957. The Balaban J connectivity index is 1.88. The average molecular weight is 359 g/mol. The fourth-order valence-corrected chi connectivity index (χ4v) is 3.19. The third kappa shape index (κ3) is 3.31. The van der Waals surface area contributed by atoms with Crippen molar-refractivity contribution in [3.05, 3.63) is 53.8 Å². The molecular weight excluding hydrogens is 339 g/mol. The van der Waals surface area contributed by atoms with Crippen LogP contribution in [-0.2, 0) is 0 Å². The predicted octanol–water partition coefficient (Wildman–Crippen LogP) is 2.01. The highest BCUT2D eigenvalue weighted by Gasteiger charge is 2.29. The molecule has 0 unspecified atom stereocenters. The van der Waals surface area contributed by atoms with Gasteiger partial charge in [0, 0.05) is 37.0 Å². The van der Waals surface area contributed by atoms with Gasteiger partial charge < -0.3 is 9.80 Å². The van der Waals surface area contributed by atoms with Crippen LogP contribution in [0.25, 0.3) is 0 Å². The number of amides is 1. The number of benzene rings is 2. The van der Waals surface area contributed by atoms with Crippen LogP contribution in [0.4, 0.5) is 21.5 Å². The van der Waals surface area contributed by atoms with Gasteiger partial charge in [-0.1, -0.05) is 18.2 Å². The zero-order chi connectivity index (χ0) is 18.7. The number of nitrogens with one attached hydrogen (secondary N) is 1. The number of hydrogen-bond donors (Lipinski definition) is 3. The summed E-state index contributed by atoms with van der Waals surface area (Å²) < 4.78 is 14.7. The normalized spacial score (nSPS) is 14.2. The molecule has 3 rings (SSSR count). The number of carbonyl (C=O) groups excluding carboxylic acids is 1. The minimum atomic E-state index is -0.680. The molecule has 7 nitrogen and oxygen atoms in total. The Bertz CT molecular complexity index is 835. The quantitative estimate of drug-likeness (QED) is 0.256. The molecule has 26 heavy (non-hydrogen) atoms. The van der Waals surface area contributed by atoms with Gasteiger partial charge in [0.15, 0.2) is 6.72 Å². The minimum absolute atomic E-state index is 0.215. The largest absolute Gasteiger partial charge is 0.366 e. The summed E-state index contributed by atoms with van der Waals surface area (Å²) in [5.41, 5.74) is 3.18. The van der Waals surface area contributed by atoms with E-state index in [1.54, 1.807) is 41.9 Å². The van der Waals surface area contributed by atoms with Crippen LogP contribution in [0.2, 0.25) is 0 Å². The van der Waals surface area contributed by atoms with Crippen LogP contribution in [0.3, 0.4) is 0 Å². The molecule has 2 aromatic carbocycles. The van der Waals surface area contributed by atoms with E-state index in [4.69, 9.17) is 5.21 Å². The zero-order valence-corrected chi connectivity index (χ0v) is 14.1.